The molecule has 0 saturated heterocycles. The van der Waals surface area contributed by atoms with Gasteiger partial charge in [-0.2, -0.15) is 0 Å². The third-order valence-corrected chi connectivity index (χ3v) is 5.24. The van der Waals surface area contributed by atoms with Crippen LogP contribution in [0.4, 0.5) is 0 Å². The van der Waals surface area contributed by atoms with Crippen LogP contribution in [0.15, 0.2) is 66.7 Å². The minimum Gasteiger partial charge on any atom is -0.319 e. The van der Waals surface area contributed by atoms with Gasteiger partial charge in [-0.25, -0.2) is 0 Å². The van der Waals surface area contributed by atoms with Crippen LogP contribution in [-0.2, 0) is 6.42 Å². The monoisotopic (exact) mass is 301 g/mol. The van der Waals surface area contributed by atoms with E-state index < -0.39 is 0 Å². The quantitative estimate of drug-likeness (QED) is 0.724. The molecule has 3 aromatic carbocycles. The fraction of sp³-hybridized carbons (Fsp3) is 0.273. The molecule has 0 spiro atoms. The van der Waals surface area contributed by atoms with Crippen LogP contribution in [0.5, 0.6) is 0 Å². The number of hydrogen-bond acceptors (Lipinski definition) is 1. The van der Waals surface area contributed by atoms with Crippen LogP contribution in [0, 0.1) is 0 Å². The van der Waals surface area contributed by atoms with Crippen LogP contribution in [-0.4, -0.2) is 13.6 Å². The third-order valence-electron chi connectivity index (χ3n) is 5.24. The smallest absolute Gasteiger partial charge is 0.00174 e. The molecule has 0 saturated carbocycles. The molecular weight excluding hydrogens is 278 g/mol. The summed E-state index contributed by atoms with van der Waals surface area (Å²) in [4.78, 5) is 0. The second-order valence-electron chi connectivity index (χ2n) is 6.66. The second kappa shape index (κ2) is 6.17. The van der Waals surface area contributed by atoms with Crippen molar-refractivity contribution in [2.24, 2.45) is 0 Å². The Balaban J connectivity index is 1.69. The van der Waals surface area contributed by atoms with Gasteiger partial charge in [0.25, 0.3) is 0 Å². The summed E-state index contributed by atoms with van der Waals surface area (Å²) in [6.07, 6.45) is 2.39. The molecule has 0 fully saturated rings. The fourth-order valence-corrected chi connectivity index (χ4v) is 4.22. The highest BCUT2D eigenvalue weighted by atomic mass is 14.8. The summed E-state index contributed by atoms with van der Waals surface area (Å²) < 4.78 is 0. The largest absolute Gasteiger partial charge is 0.319 e. The summed E-state index contributed by atoms with van der Waals surface area (Å²) in [7, 11) is 2.06. The van der Waals surface area contributed by atoms with E-state index in [0.29, 0.717) is 11.8 Å². The van der Waals surface area contributed by atoms with Gasteiger partial charge in [-0.3, -0.25) is 0 Å². The zero-order valence-corrected chi connectivity index (χ0v) is 13.6. The SMILES string of the molecule is CNC[C@H]1C[C@@H](Cc2cccc3ccccc23)c2ccccc21. The van der Waals surface area contributed by atoms with E-state index in [1.807, 2.05) is 0 Å². The molecule has 0 heterocycles. The zero-order chi connectivity index (χ0) is 15.6. The van der Waals surface area contributed by atoms with E-state index in [-0.39, 0.29) is 0 Å². The predicted octanol–water partition coefficient (Wildman–Crippen LogP) is 4.87. The summed E-state index contributed by atoms with van der Waals surface area (Å²) in [6.45, 7) is 1.07. The number of fused-ring (bicyclic) bond motifs is 2. The van der Waals surface area contributed by atoms with Crippen LogP contribution in [0.2, 0.25) is 0 Å². The standard InChI is InChI=1S/C22H23N/c1-23-15-19-14-18(21-11-4-5-12-22(19)21)13-17-9-6-8-16-7-2-3-10-20(16)17/h2-12,18-19,23H,13-15H2,1H3/t18-,19-/m1/s1. The van der Waals surface area contributed by atoms with Gasteiger partial charge in [0.1, 0.15) is 0 Å². The van der Waals surface area contributed by atoms with Crippen molar-refractivity contribution in [1.82, 2.24) is 5.32 Å². The van der Waals surface area contributed by atoms with Gasteiger partial charge < -0.3 is 5.32 Å². The number of hydrogen-bond donors (Lipinski definition) is 1. The predicted molar refractivity (Wildman–Crippen MR) is 98.1 cm³/mol. The summed E-state index contributed by atoms with van der Waals surface area (Å²) in [6, 6.07) is 24.5. The molecule has 0 radical (unpaired) electrons. The van der Waals surface area contributed by atoms with Gasteiger partial charge in [0.15, 0.2) is 0 Å². The molecule has 0 amide bonds. The molecule has 3 aromatic rings. The Bertz CT molecular complexity index is 816. The van der Waals surface area contributed by atoms with Gasteiger partial charge in [-0.15, -0.1) is 0 Å². The Morgan fingerprint density at radius 3 is 2.35 bits per heavy atom. The molecule has 116 valence electrons. The lowest BCUT2D eigenvalue weighted by molar-refractivity contribution is 0.561. The third kappa shape index (κ3) is 2.66. The maximum Gasteiger partial charge on any atom is 0.00174 e. The van der Waals surface area contributed by atoms with Crippen molar-refractivity contribution in [2.75, 3.05) is 13.6 Å². The van der Waals surface area contributed by atoms with Crippen LogP contribution in [0.3, 0.4) is 0 Å². The van der Waals surface area contributed by atoms with Crippen molar-refractivity contribution < 1.29 is 0 Å². The maximum absolute atomic E-state index is 3.36. The van der Waals surface area contributed by atoms with E-state index in [0.717, 1.165) is 13.0 Å². The van der Waals surface area contributed by atoms with Crippen LogP contribution < -0.4 is 5.32 Å². The van der Waals surface area contributed by atoms with Crippen molar-refractivity contribution in [3.05, 3.63) is 83.4 Å². The fourth-order valence-electron chi connectivity index (χ4n) is 4.22. The van der Waals surface area contributed by atoms with Crippen molar-refractivity contribution >= 4 is 10.8 Å². The molecule has 1 N–H and O–H groups in total. The Labute approximate surface area is 138 Å². The van der Waals surface area contributed by atoms with E-state index in [1.54, 1.807) is 11.1 Å². The first-order valence-electron chi connectivity index (χ1n) is 8.57. The Morgan fingerprint density at radius 1 is 0.826 bits per heavy atom. The van der Waals surface area contributed by atoms with E-state index in [2.05, 4.69) is 79.1 Å². The van der Waals surface area contributed by atoms with Gasteiger partial charge in [0.05, 0.1) is 0 Å². The van der Waals surface area contributed by atoms with Gasteiger partial charge in [-0.05, 0) is 59.2 Å². The summed E-state index contributed by atoms with van der Waals surface area (Å²) >= 11 is 0. The van der Waals surface area contributed by atoms with Crippen molar-refractivity contribution in [3.8, 4) is 0 Å². The van der Waals surface area contributed by atoms with Crippen molar-refractivity contribution in [1.29, 1.82) is 0 Å². The average molecular weight is 301 g/mol. The highest BCUT2D eigenvalue weighted by Crippen LogP contribution is 2.43. The van der Waals surface area contributed by atoms with Gasteiger partial charge in [0, 0.05) is 6.54 Å². The van der Waals surface area contributed by atoms with Crippen LogP contribution in [0.1, 0.15) is 34.9 Å². The second-order valence-corrected chi connectivity index (χ2v) is 6.66. The number of benzene rings is 3. The Hall–Kier alpha value is -2.12. The first-order chi connectivity index (χ1) is 11.4. The number of rotatable bonds is 4. The Kier molecular flexibility index (Phi) is 3.88. The van der Waals surface area contributed by atoms with Crippen molar-refractivity contribution in [2.45, 2.75) is 24.7 Å². The van der Waals surface area contributed by atoms with Gasteiger partial charge in [0.2, 0.25) is 0 Å². The highest BCUT2D eigenvalue weighted by molar-refractivity contribution is 5.85. The molecular formula is C22H23N. The summed E-state index contributed by atoms with van der Waals surface area (Å²) in [5.74, 6) is 1.28. The molecule has 1 heteroatoms. The molecule has 1 aliphatic rings. The van der Waals surface area contributed by atoms with E-state index >= 15 is 0 Å². The van der Waals surface area contributed by atoms with Crippen LogP contribution in [0.25, 0.3) is 10.8 Å². The summed E-state index contributed by atoms with van der Waals surface area (Å²) in [5, 5.41) is 6.12. The molecule has 0 unspecified atom stereocenters. The van der Waals surface area contributed by atoms with Gasteiger partial charge >= 0.3 is 0 Å². The van der Waals surface area contributed by atoms with Gasteiger partial charge in [-0.1, -0.05) is 66.7 Å². The average Bonchev–Trinajstić information content (AvgIpc) is 2.94. The molecule has 2 atom stereocenters. The molecule has 23 heavy (non-hydrogen) atoms. The normalized spacial score (nSPS) is 19.9. The first kappa shape index (κ1) is 14.5. The van der Waals surface area contributed by atoms with E-state index in [1.165, 1.54) is 22.8 Å². The number of nitrogens with one attached hydrogen (secondary N) is 1. The molecule has 0 aromatic heterocycles. The maximum atomic E-state index is 3.36. The molecule has 1 nitrogen and oxygen atoms in total. The lowest BCUT2D eigenvalue weighted by Gasteiger charge is -2.14. The molecule has 0 bridgehead atoms. The minimum atomic E-state index is 0.635. The first-order valence-corrected chi connectivity index (χ1v) is 8.57. The Morgan fingerprint density at radius 2 is 1.52 bits per heavy atom. The zero-order valence-electron chi connectivity index (χ0n) is 13.6. The van der Waals surface area contributed by atoms with Crippen LogP contribution >= 0.6 is 0 Å². The summed E-state index contributed by atoms with van der Waals surface area (Å²) in [5.41, 5.74) is 4.58. The lowest BCUT2D eigenvalue weighted by Crippen LogP contribution is -2.15. The molecule has 1 aliphatic carbocycles. The number of likely N-dealkylation sites (N-methyl/N-ethyl adjacent to an activating group) is 1. The highest BCUT2D eigenvalue weighted by Gasteiger charge is 2.30. The van der Waals surface area contributed by atoms with E-state index in [9.17, 15) is 0 Å². The lowest BCUT2D eigenvalue weighted by atomic mass is 9.90. The van der Waals surface area contributed by atoms with E-state index in [4.69, 9.17) is 0 Å². The molecule has 4 rings (SSSR count). The topological polar surface area (TPSA) is 12.0 Å². The molecule has 0 aliphatic heterocycles. The minimum absolute atomic E-state index is 0.635. The van der Waals surface area contributed by atoms with Crippen molar-refractivity contribution in [3.63, 3.8) is 0 Å².